The van der Waals surface area contributed by atoms with Crippen LogP contribution < -0.4 is 5.63 Å². The molecule has 0 N–H and O–H groups in total. The zero-order valence-corrected chi connectivity index (χ0v) is 11.5. The summed E-state index contributed by atoms with van der Waals surface area (Å²) in [5.74, 6) is 1.62. The van der Waals surface area contributed by atoms with E-state index in [2.05, 4.69) is 32.9 Å². The number of rotatable bonds is 2. The molecule has 1 aliphatic carbocycles. The molecule has 1 aromatic heterocycles. The molecule has 0 spiro atoms. The first-order chi connectivity index (χ1) is 8.49. The van der Waals surface area contributed by atoms with Gasteiger partial charge in [0.15, 0.2) is 0 Å². The average molecular weight is 244 g/mol. The van der Waals surface area contributed by atoms with E-state index < -0.39 is 0 Å². The Bertz CT molecular complexity index is 557. The maximum atomic E-state index is 11.4. The summed E-state index contributed by atoms with van der Waals surface area (Å²) in [7, 11) is 0. The van der Waals surface area contributed by atoms with Crippen LogP contribution in [0.15, 0.2) is 33.0 Å². The van der Waals surface area contributed by atoms with Crippen LogP contribution in [0.2, 0.25) is 0 Å². The summed E-state index contributed by atoms with van der Waals surface area (Å²) in [5, 5.41) is 0. The quantitative estimate of drug-likeness (QED) is 0.735. The fraction of sp³-hybridized carbons (Fsp3) is 0.438. The third-order valence-corrected chi connectivity index (χ3v) is 3.57. The zero-order chi connectivity index (χ0) is 13.3. The van der Waals surface area contributed by atoms with Crippen molar-refractivity contribution >= 4 is 6.08 Å². The summed E-state index contributed by atoms with van der Waals surface area (Å²) in [6, 6.07) is 1.60. The van der Waals surface area contributed by atoms with E-state index >= 15 is 0 Å². The Labute approximate surface area is 108 Å². The Morgan fingerprint density at radius 1 is 1.44 bits per heavy atom. The van der Waals surface area contributed by atoms with Gasteiger partial charge >= 0.3 is 5.63 Å². The van der Waals surface area contributed by atoms with Gasteiger partial charge in [0, 0.05) is 11.6 Å². The first-order valence-electron chi connectivity index (χ1n) is 6.45. The number of fused-ring (bicyclic) bond motifs is 1. The first-order valence-corrected chi connectivity index (χ1v) is 6.45. The SMILES string of the molecule is CC(C)=CCC1c2c(C)cc(=O)oc2C=CC1C. The Morgan fingerprint density at radius 2 is 2.17 bits per heavy atom. The lowest BCUT2D eigenvalue weighted by molar-refractivity contribution is 0.455. The van der Waals surface area contributed by atoms with E-state index in [4.69, 9.17) is 4.42 Å². The number of hydrogen-bond acceptors (Lipinski definition) is 2. The van der Waals surface area contributed by atoms with Crippen LogP contribution in [0.25, 0.3) is 6.08 Å². The van der Waals surface area contributed by atoms with E-state index in [1.165, 1.54) is 11.1 Å². The molecule has 0 aliphatic heterocycles. The molecule has 2 nitrogen and oxygen atoms in total. The van der Waals surface area contributed by atoms with Crippen molar-refractivity contribution in [2.45, 2.75) is 40.0 Å². The lowest BCUT2D eigenvalue weighted by Crippen LogP contribution is -2.16. The molecule has 1 aliphatic rings. The predicted octanol–water partition coefficient (Wildman–Crippen LogP) is 4.05. The maximum Gasteiger partial charge on any atom is 0.336 e. The van der Waals surface area contributed by atoms with Crippen molar-refractivity contribution in [1.82, 2.24) is 0 Å². The monoisotopic (exact) mass is 244 g/mol. The molecular formula is C16H20O2. The van der Waals surface area contributed by atoms with Crippen LogP contribution in [0, 0.1) is 12.8 Å². The molecule has 1 aromatic rings. The maximum absolute atomic E-state index is 11.4. The molecule has 1 heterocycles. The minimum absolute atomic E-state index is 0.258. The second-order valence-electron chi connectivity index (χ2n) is 5.37. The van der Waals surface area contributed by atoms with E-state index in [-0.39, 0.29) is 5.63 Å². The molecule has 2 atom stereocenters. The van der Waals surface area contributed by atoms with Crippen molar-refractivity contribution in [3.05, 3.63) is 51.1 Å². The molecule has 0 amide bonds. The summed E-state index contributed by atoms with van der Waals surface area (Å²) < 4.78 is 5.30. The lowest BCUT2D eigenvalue weighted by atomic mass is 9.78. The Balaban J connectivity index is 2.48. The van der Waals surface area contributed by atoms with Crippen molar-refractivity contribution in [1.29, 1.82) is 0 Å². The van der Waals surface area contributed by atoms with Crippen LogP contribution in [-0.4, -0.2) is 0 Å². The molecule has 96 valence electrons. The second-order valence-corrected chi connectivity index (χ2v) is 5.37. The summed E-state index contributed by atoms with van der Waals surface area (Å²) in [4.78, 5) is 11.4. The molecule has 0 bridgehead atoms. The molecule has 0 aromatic carbocycles. The topological polar surface area (TPSA) is 30.2 Å². The molecule has 0 fully saturated rings. The van der Waals surface area contributed by atoms with E-state index in [9.17, 15) is 4.79 Å². The van der Waals surface area contributed by atoms with Crippen LogP contribution in [0.3, 0.4) is 0 Å². The van der Waals surface area contributed by atoms with Gasteiger partial charge in [0.05, 0.1) is 0 Å². The average Bonchev–Trinajstić information content (AvgIpc) is 2.27. The molecule has 2 heteroatoms. The Morgan fingerprint density at radius 3 is 2.83 bits per heavy atom. The number of hydrogen-bond donors (Lipinski definition) is 0. The molecule has 2 unspecified atom stereocenters. The fourth-order valence-corrected chi connectivity index (χ4v) is 2.57. The highest BCUT2D eigenvalue weighted by atomic mass is 16.4. The largest absolute Gasteiger partial charge is 0.423 e. The van der Waals surface area contributed by atoms with Crippen LogP contribution in [0.1, 0.15) is 50.0 Å². The first kappa shape index (κ1) is 12.9. The van der Waals surface area contributed by atoms with Crippen molar-refractivity contribution in [2.75, 3.05) is 0 Å². The van der Waals surface area contributed by atoms with Crippen LogP contribution in [0.5, 0.6) is 0 Å². The standard InChI is InChI=1S/C16H20O2/c1-10(2)5-7-13-11(3)6-8-14-16(13)12(4)9-15(17)18-14/h5-6,8-9,11,13H,7H2,1-4H3. The summed E-state index contributed by atoms with van der Waals surface area (Å²) in [5.41, 5.74) is 3.31. The minimum atomic E-state index is -0.258. The van der Waals surface area contributed by atoms with Gasteiger partial charge in [-0.3, -0.25) is 0 Å². The summed E-state index contributed by atoms with van der Waals surface area (Å²) >= 11 is 0. The van der Waals surface area contributed by atoms with Gasteiger partial charge in [0.1, 0.15) is 5.76 Å². The normalized spacial score (nSPS) is 21.6. The summed E-state index contributed by atoms with van der Waals surface area (Å²) in [6.45, 7) is 8.44. The highest BCUT2D eigenvalue weighted by Gasteiger charge is 2.25. The van der Waals surface area contributed by atoms with Gasteiger partial charge in [-0.05, 0) is 50.7 Å². The predicted molar refractivity (Wildman–Crippen MR) is 74.7 cm³/mol. The third kappa shape index (κ3) is 2.47. The van der Waals surface area contributed by atoms with Crippen molar-refractivity contribution in [2.24, 2.45) is 5.92 Å². The van der Waals surface area contributed by atoms with Crippen LogP contribution in [-0.2, 0) is 0 Å². The summed E-state index contributed by atoms with van der Waals surface area (Å²) in [6.07, 6.45) is 7.33. The van der Waals surface area contributed by atoms with Gasteiger partial charge < -0.3 is 4.42 Å². The Hall–Kier alpha value is -1.57. The smallest absolute Gasteiger partial charge is 0.336 e. The molecule has 0 radical (unpaired) electrons. The zero-order valence-electron chi connectivity index (χ0n) is 11.5. The van der Waals surface area contributed by atoms with E-state index in [1.807, 2.05) is 13.0 Å². The van der Waals surface area contributed by atoms with Crippen LogP contribution >= 0.6 is 0 Å². The molecule has 0 saturated carbocycles. The molecule has 2 rings (SSSR count). The molecular weight excluding hydrogens is 224 g/mol. The van der Waals surface area contributed by atoms with Gasteiger partial charge in [0.2, 0.25) is 0 Å². The van der Waals surface area contributed by atoms with Crippen molar-refractivity contribution in [3.63, 3.8) is 0 Å². The second kappa shape index (κ2) is 4.97. The molecule has 18 heavy (non-hydrogen) atoms. The van der Waals surface area contributed by atoms with Gasteiger partial charge in [-0.1, -0.05) is 24.6 Å². The van der Waals surface area contributed by atoms with Crippen LogP contribution in [0.4, 0.5) is 0 Å². The molecule has 0 saturated heterocycles. The van der Waals surface area contributed by atoms with Gasteiger partial charge in [0.25, 0.3) is 0 Å². The highest BCUT2D eigenvalue weighted by molar-refractivity contribution is 5.55. The van der Waals surface area contributed by atoms with Crippen molar-refractivity contribution < 1.29 is 4.42 Å². The number of aryl methyl sites for hydroxylation is 1. The van der Waals surface area contributed by atoms with Crippen molar-refractivity contribution in [3.8, 4) is 0 Å². The Kier molecular flexibility index (Phi) is 3.55. The van der Waals surface area contributed by atoms with Gasteiger partial charge in [-0.15, -0.1) is 0 Å². The number of allylic oxidation sites excluding steroid dienone is 3. The third-order valence-electron chi connectivity index (χ3n) is 3.57. The van der Waals surface area contributed by atoms with E-state index in [0.717, 1.165) is 17.7 Å². The highest BCUT2D eigenvalue weighted by Crippen LogP contribution is 2.38. The van der Waals surface area contributed by atoms with E-state index in [1.54, 1.807) is 6.07 Å². The van der Waals surface area contributed by atoms with E-state index in [0.29, 0.717) is 11.8 Å². The van der Waals surface area contributed by atoms with Gasteiger partial charge in [-0.2, -0.15) is 0 Å². The van der Waals surface area contributed by atoms with Gasteiger partial charge in [-0.25, -0.2) is 4.79 Å². The lowest BCUT2D eigenvalue weighted by Gasteiger charge is -2.27. The fourth-order valence-electron chi connectivity index (χ4n) is 2.57. The minimum Gasteiger partial charge on any atom is -0.423 e.